The molecule has 0 amide bonds. The van der Waals surface area contributed by atoms with Crippen LogP contribution in [0, 0.1) is 0 Å². The zero-order valence-electron chi connectivity index (χ0n) is 50.1. The first-order valence-electron chi connectivity index (χ1n) is 32.8. The average Bonchev–Trinajstić information content (AvgIpc) is 3.41. The molecule has 436 valence electrons. The molecule has 0 spiro atoms. The van der Waals surface area contributed by atoms with E-state index in [9.17, 15) is 14.4 Å². The SMILES string of the molecule is CC/C=C\C/C=C\C/C=C\C/C=C\CCCCCCCCCCCCCCCCCCCCCCC(=O)OCC(COC(=O)CCCCCCC/C=C\CCCC)OC(=O)CCCCCCCCCCCCCCC. The lowest BCUT2D eigenvalue weighted by atomic mass is 10.0. The van der Waals surface area contributed by atoms with Crippen molar-refractivity contribution < 1.29 is 28.6 Å². The highest BCUT2D eigenvalue weighted by Crippen LogP contribution is 2.18. The quantitative estimate of drug-likeness (QED) is 0.0261. The van der Waals surface area contributed by atoms with E-state index in [1.807, 2.05) is 0 Å². The van der Waals surface area contributed by atoms with Gasteiger partial charge >= 0.3 is 17.9 Å². The third-order valence-electron chi connectivity index (χ3n) is 14.5. The number of rotatable bonds is 60. The lowest BCUT2D eigenvalue weighted by molar-refractivity contribution is -0.167. The van der Waals surface area contributed by atoms with E-state index < -0.39 is 6.10 Å². The maximum Gasteiger partial charge on any atom is 0.306 e. The number of hydrogen-bond acceptors (Lipinski definition) is 6. The summed E-state index contributed by atoms with van der Waals surface area (Å²) in [5, 5.41) is 0. The predicted molar refractivity (Wildman–Crippen MR) is 325 cm³/mol. The van der Waals surface area contributed by atoms with Crippen molar-refractivity contribution in [3.05, 3.63) is 60.8 Å². The molecule has 0 aliphatic heterocycles. The van der Waals surface area contributed by atoms with Crippen molar-refractivity contribution in [1.29, 1.82) is 0 Å². The van der Waals surface area contributed by atoms with Crippen LogP contribution in [0.3, 0.4) is 0 Å². The maximum absolute atomic E-state index is 12.8. The first-order valence-corrected chi connectivity index (χ1v) is 32.8. The highest BCUT2D eigenvalue weighted by molar-refractivity contribution is 5.71. The predicted octanol–water partition coefficient (Wildman–Crippen LogP) is 22.3. The molecule has 0 heterocycles. The third kappa shape index (κ3) is 61.8. The summed E-state index contributed by atoms with van der Waals surface area (Å²) in [5.74, 6) is -0.862. The molecule has 0 aromatic carbocycles. The Bertz CT molecular complexity index is 1340. The van der Waals surface area contributed by atoms with Crippen molar-refractivity contribution in [1.82, 2.24) is 0 Å². The molecule has 1 atom stereocenters. The molecule has 0 saturated heterocycles. The number of hydrogen-bond donors (Lipinski definition) is 0. The summed E-state index contributed by atoms with van der Waals surface area (Å²) in [6.07, 6.45) is 81.1. The maximum atomic E-state index is 12.8. The molecule has 75 heavy (non-hydrogen) atoms. The molecule has 0 radical (unpaired) electrons. The van der Waals surface area contributed by atoms with Crippen LogP contribution in [0.15, 0.2) is 60.8 Å². The van der Waals surface area contributed by atoms with Gasteiger partial charge < -0.3 is 14.2 Å². The van der Waals surface area contributed by atoms with E-state index in [1.54, 1.807) is 0 Å². The lowest BCUT2D eigenvalue weighted by Gasteiger charge is -2.18. The van der Waals surface area contributed by atoms with Crippen LogP contribution in [-0.2, 0) is 28.6 Å². The van der Waals surface area contributed by atoms with Crippen LogP contribution in [0.5, 0.6) is 0 Å². The van der Waals surface area contributed by atoms with Crippen molar-refractivity contribution in [3.63, 3.8) is 0 Å². The molecular formula is C69H124O6. The van der Waals surface area contributed by atoms with Gasteiger partial charge in [-0.05, 0) is 77.0 Å². The van der Waals surface area contributed by atoms with E-state index >= 15 is 0 Å². The van der Waals surface area contributed by atoms with Crippen LogP contribution in [0.4, 0.5) is 0 Å². The van der Waals surface area contributed by atoms with Crippen LogP contribution < -0.4 is 0 Å². The van der Waals surface area contributed by atoms with Gasteiger partial charge in [-0.2, -0.15) is 0 Å². The van der Waals surface area contributed by atoms with Crippen molar-refractivity contribution in [2.75, 3.05) is 13.2 Å². The van der Waals surface area contributed by atoms with E-state index in [-0.39, 0.29) is 31.1 Å². The fourth-order valence-electron chi connectivity index (χ4n) is 9.59. The number of carbonyl (C=O) groups is 3. The molecule has 0 aromatic heterocycles. The smallest absolute Gasteiger partial charge is 0.306 e. The minimum absolute atomic E-state index is 0.0708. The van der Waals surface area contributed by atoms with E-state index in [0.29, 0.717) is 19.3 Å². The van der Waals surface area contributed by atoms with Gasteiger partial charge in [0.15, 0.2) is 6.10 Å². The second-order valence-electron chi connectivity index (χ2n) is 22.0. The number of ether oxygens (including phenoxy) is 3. The summed E-state index contributed by atoms with van der Waals surface area (Å²) in [5.41, 5.74) is 0. The number of unbranched alkanes of at least 4 members (excludes halogenated alkanes) is 39. The Balaban J connectivity index is 4.04. The molecule has 6 nitrogen and oxygen atoms in total. The molecule has 0 rings (SSSR count). The highest BCUT2D eigenvalue weighted by atomic mass is 16.6. The van der Waals surface area contributed by atoms with Gasteiger partial charge in [0.1, 0.15) is 13.2 Å². The summed E-state index contributed by atoms with van der Waals surface area (Å²) < 4.78 is 16.9. The Kier molecular flexibility index (Phi) is 61.2. The van der Waals surface area contributed by atoms with Gasteiger partial charge in [0.25, 0.3) is 0 Å². The molecule has 0 fully saturated rings. The minimum atomic E-state index is -0.772. The zero-order chi connectivity index (χ0) is 54.3. The second kappa shape index (κ2) is 63.6. The van der Waals surface area contributed by atoms with Crippen LogP contribution in [0.2, 0.25) is 0 Å². The first kappa shape index (κ1) is 72.1. The largest absolute Gasteiger partial charge is 0.462 e. The first-order chi connectivity index (χ1) is 37.0. The Morgan fingerprint density at radius 2 is 0.533 bits per heavy atom. The normalized spacial score (nSPS) is 12.4. The Labute approximate surface area is 466 Å². The minimum Gasteiger partial charge on any atom is -0.462 e. The topological polar surface area (TPSA) is 78.9 Å². The highest BCUT2D eigenvalue weighted by Gasteiger charge is 2.19. The summed E-state index contributed by atoms with van der Waals surface area (Å²) in [6.45, 7) is 6.52. The summed E-state index contributed by atoms with van der Waals surface area (Å²) in [7, 11) is 0. The van der Waals surface area contributed by atoms with Gasteiger partial charge in [0.05, 0.1) is 0 Å². The second-order valence-corrected chi connectivity index (χ2v) is 22.0. The number of esters is 3. The van der Waals surface area contributed by atoms with Crippen molar-refractivity contribution in [2.24, 2.45) is 0 Å². The molecule has 0 N–H and O–H groups in total. The number of carbonyl (C=O) groups excluding carboxylic acids is 3. The molecule has 0 bridgehead atoms. The molecule has 0 aromatic rings. The monoisotopic (exact) mass is 1050 g/mol. The van der Waals surface area contributed by atoms with Crippen LogP contribution >= 0.6 is 0 Å². The molecule has 0 saturated carbocycles. The van der Waals surface area contributed by atoms with Gasteiger partial charge in [0.2, 0.25) is 0 Å². The fraction of sp³-hybridized carbons (Fsp3) is 0.812. The van der Waals surface area contributed by atoms with Crippen LogP contribution in [-0.4, -0.2) is 37.2 Å². The average molecular weight is 1050 g/mol. The van der Waals surface area contributed by atoms with Crippen LogP contribution in [0.25, 0.3) is 0 Å². The molecule has 6 heteroatoms. The zero-order valence-corrected chi connectivity index (χ0v) is 50.1. The van der Waals surface area contributed by atoms with Gasteiger partial charge in [-0.1, -0.05) is 306 Å². The van der Waals surface area contributed by atoms with Crippen molar-refractivity contribution in [3.8, 4) is 0 Å². The van der Waals surface area contributed by atoms with Crippen molar-refractivity contribution in [2.45, 2.75) is 348 Å². The van der Waals surface area contributed by atoms with Gasteiger partial charge in [-0.25, -0.2) is 0 Å². The number of allylic oxidation sites excluding steroid dienone is 10. The lowest BCUT2D eigenvalue weighted by Crippen LogP contribution is -2.30. The molecular weight excluding hydrogens is 925 g/mol. The third-order valence-corrected chi connectivity index (χ3v) is 14.5. The van der Waals surface area contributed by atoms with Crippen LogP contribution in [0.1, 0.15) is 342 Å². The van der Waals surface area contributed by atoms with Gasteiger partial charge in [-0.15, -0.1) is 0 Å². The fourth-order valence-corrected chi connectivity index (χ4v) is 9.59. The summed E-state index contributed by atoms with van der Waals surface area (Å²) >= 11 is 0. The van der Waals surface area contributed by atoms with E-state index in [1.165, 1.54) is 212 Å². The summed E-state index contributed by atoms with van der Waals surface area (Å²) in [6, 6.07) is 0. The standard InChI is InChI=1S/C69H124O6/c1-4-7-10-13-16-19-22-24-25-26-27-28-29-30-31-32-33-34-35-36-37-38-39-40-41-42-43-45-47-50-53-56-59-62-68(71)74-65-66(64-73-67(70)61-58-55-52-49-46-21-18-15-12-9-6-3)75-69(72)63-60-57-54-51-48-44-23-20-17-14-11-8-5-2/h7,10,15-16,18-19,24-25,27-28,66H,4-6,8-9,11-14,17,20-23,26,29-65H2,1-3H3/b10-7-,18-15-,19-16-,25-24-,28-27-. The van der Waals surface area contributed by atoms with E-state index in [2.05, 4.69) is 81.5 Å². The Hall–Kier alpha value is -2.89. The van der Waals surface area contributed by atoms with Crippen molar-refractivity contribution >= 4 is 17.9 Å². The molecule has 1 unspecified atom stereocenters. The molecule has 0 aliphatic carbocycles. The Morgan fingerprint density at radius 3 is 0.867 bits per heavy atom. The van der Waals surface area contributed by atoms with Gasteiger partial charge in [0, 0.05) is 19.3 Å². The Morgan fingerprint density at radius 1 is 0.280 bits per heavy atom. The summed E-state index contributed by atoms with van der Waals surface area (Å²) in [4.78, 5) is 38.2. The van der Waals surface area contributed by atoms with E-state index in [4.69, 9.17) is 14.2 Å². The van der Waals surface area contributed by atoms with Gasteiger partial charge in [-0.3, -0.25) is 14.4 Å². The van der Waals surface area contributed by atoms with E-state index in [0.717, 1.165) is 89.9 Å². The molecule has 0 aliphatic rings.